The topological polar surface area (TPSA) is 52.0 Å². The minimum absolute atomic E-state index is 0.486. The smallest absolute Gasteiger partial charge is 0.161 e. The molecule has 3 nitrogen and oxygen atoms in total. The SMILES string of the molecule is Cc1on[c]c1N. The summed E-state index contributed by atoms with van der Waals surface area (Å²) >= 11 is 0. The average Bonchev–Trinajstić information content (AvgIpc) is 1.91. The van der Waals surface area contributed by atoms with E-state index in [4.69, 9.17) is 5.73 Å². The zero-order valence-corrected chi connectivity index (χ0v) is 3.93. The molecular weight excluding hydrogens is 92.1 g/mol. The monoisotopic (exact) mass is 97.0 g/mol. The van der Waals surface area contributed by atoms with Gasteiger partial charge in [0.2, 0.25) is 0 Å². The van der Waals surface area contributed by atoms with Gasteiger partial charge in [0.25, 0.3) is 0 Å². The van der Waals surface area contributed by atoms with E-state index < -0.39 is 0 Å². The fourth-order valence-electron chi connectivity index (χ4n) is 0.268. The molecule has 1 rings (SSSR count). The van der Waals surface area contributed by atoms with Crippen LogP contribution in [0.25, 0.3) is 0 Å². The fourth-order valence-corrected chi connectivity index (χ4v) is 0.268. The molecule has 0 bridgehead atoms. The van der Waals surface area contributed by atoms with Crippen molar-refractivity contribution in [2.24, 2.45) is 0 Å². The van der Waals surface area contributed by atoms with Crippen LogP contribution in [-0.4, -0.2) is 5.16 Å². The van der Waals surface area contributed by atoms with Gasteiger partial charge in [-0.25, -0.2) is 0 Å². The number of anilines is 1. The molecule has 0 aromatic carbocycles. The number of aryl methyl sites for hydroxylation is 1. The molecule has 0 unspecified atom stereocenters. The third-order valence-corrected chi connectivity index (χ3v) is 0.728. The third kappa shape index (κ3) is 0.559. The van der Waals surface area contributed by atoms with Gasteiger partial charge in [-0.2, -0.15) is 0 Å². The fraction of sp³-hybridized carbons (Fsp3) is 0.250. The summed E-state index contributed by atoms with van der Waals surface area (Å²) < 4.78 is 4.53. The summed E-state index contributed by atoms with van der Waals surface area (Å²) in [6.45, 7) is 1.73. The molecule has 7 heavy (non-hydrogen) atoms. The van der Waals surface area contributed by atoms with Crippen molar-refractivity contribution in [3.63, 3.8) is 0 Å². The highest BCUT2D eigenvalue weighted by atomic mass is 16.5. The Hall–Kier alpha value is -0.990. The van der Waals surface area contributed by atoms with E-state index in [9.17, 15) is 0 Å². The van der Waals surface area contributed by atoms with E-state index in [0.29, 0.717) is 11.4 Å². The van der Waals surface area contributed by atoms with Gasteiger partial charge in [-0.05, 0) is 6.92 Å². The second-order valence-electron chi connectivity index (χ2n) is 1.26. The van der Waals surface area contributed by atoms with Crippen LogP contribution in [0.15, 0.2) is 4.52 Å². The second kappa shape index (κ2) is 1.26. The predicted octanol–water partition coefficient (Wildman–Crippen LogP) is 0.365. The Balaban J connectivity index is 3.12. The van der Waals surface area contributed by atoms with Crippen LogP contribution in [-0.2, 0) is 0 Å². The molecule has 1 radical (unpaired) electrons. The summed E-state index contributed by atoms with van der Waals surface area (Å²) in [6.07, 6.45) is 2.43. The van der Waals surface area contributed by atoms with Gasteiger partial charge in [0.1, 0.15) is 5.69 Å². The van der Waals surface area contributed by atoms with E-state index in [0.717, 1.165) is 0 Å². The minimum atomic E-state index is 0.486. The lowest BCUT2D eigenvalue weighted by Crippen LogP contribution is -1.81. The van der Waals surface area contributed by atoms with Crippen LogP contribution in [0.3, 0.4) is 0 Å². The molecule has 0 fully saturated rings. The summed E-state index contributed by atoms with van der Waals surface area (Å²) in [6, 6.07) is 0. The molecule has 2 N–H and O–H groups in total. The molecule has 0 saturated heterocycles. The maximum atomic E-state index is 5.23. The lowest BCUT2D eigenvalue weighted by Gasteiger charge is -1.76. The van der Waals surface area contributed by atoms with E-state index in [1.807, 2.05) is 0 Å². The standard InChI is InChI=1S/C4H5N2O/c1-3-4(5)2-6-7-3/h5H2,1H3. The van der Waals surface area contributed by atoms with Crippen molar-refractivity contribution < 1.29 is 4.52 Å². The highest BCUT2D eigenvalue weighted by Gasteiger charge is 1.93. The summed E-state index contributed by atoms with van der Waals surface area (Å²) in [5, 5.41) is 3.30. The summed E-state index contributed by atoms with van der Waals surface area (Å²) in [7, 11) is 0. The Kier molecular flexibility index (Phi) is 0.749. The van der Waals surface area contributed by atoms with Gasteiger partial charge in [0.15, 0.2) is 12.0 Å². The Morgan fingerprint density at radius 3 is 2.71 bits per heavy atom. The maximum absolute atomic E-state index is 5.23. The van der Waals surface area contributed by atoms with Crippen molar-refractivity contribution in [1.82, 2.24) is 5.16 Å². The first kappa shape index (κ1) is 4.18. The number of nitrogens with two attached hydrogens (primary N) is 1. The molecule has 0 aliphatic carbocycles. The largest absolute Gasteiger partial charge is 0.394 e. The zero-order chi connectivity index (χ0) is 5.28. The van der Waals surface area contributed by atoms with Crippen LogP contribution in [0, 0.1) is 13.1 Å². The number of hydrogen-bond donors (Lipinski definition) is 1. The number of aromatic nitrogens is 1. The van der Waals surface area contributed by atoms with Crippen LogP contribution in [0.4, 0.5) is 5.69 Å². The summed E-state index contributed by atoms with van der Waals surface area (Å²) in [5.41, 5.74) is 5.71. The molecule has 0 amide bonds. The Morgan fingerprint density at radius 1 is 1.86 bits per heavy atom. The van der Waals surface area contributed by atoms with E-state index in [1.54, 1.807) is 6.92 Å². The Labute approximate surface area is 41.1 Å². The van der Waals surface area contributed by atoms with E-state index in [2.05, 4.69) is 15.9 Å². The van der Waals surface area contributed by atoms with Crippen LogP contribution in [0.1, 0.15) is 5.76 Å². The number of nitrogen functional groups attached to an aromatic ring is 1. The van der Waals surface area contributed by atoms with Gasteiger partial charge in [0, 0.05) is 0 Å². The van der Waals surface area contributed by atoms with Crippen molar-refractivity contribution in [3.8, 4) is 0 Å². The average molecular weight is 97.1 g/mol. The first-order valence-corrected chi connectivity index (χ1v) is 1.90. The van der Waals surface area contributed by atoms with Crippen molar-refractivity contribution in [2.75, 3.05) is 5.73 Å². The first-order chi connectivity index (χ1) is 3.30. The molecule has 1 heterocycles. The Bertz CT molecular complexity index is 142. The van der Waals surface area contributed by atoms with Gasteiger partial charge in [0.05, 0.1) is 0 Å². The molecule has 1 aromatic rings. The normalized spacial score (nSPS) is 9.29. The summed E-state index contributed by atoms with van der Waals surface area (Å²) in [4.78, 5) is 0. The Morgan fingerprint density at radius 2 is 2.57 bits per heavy atom. The van der Waals surface area contributed by atoms with Gasteiger partial charge in [-0.3, -0.25) is 0 Å². The van der Waals surface area contributed by atoms with E-state index in [1.165, 1.54) is 0 Å². The first-order valence-electron chi connectivity index (χ1n) is 1.90. The molecule has 1 aromatic heterocycles. The molecule has 0 atom stereocenters. The van der Waals surface area contributed by atoms with Crippen LogP contribution >= 0.6 is 0 Å². The third-order valence-electron chi connectivity index (χ3n) is 0.728. The van der Waals surface area contributed by atoms with Gasteiger partial charge in [-0.1, -0.05) is 5.16 Å². The highest BCUT2D eigenvalue weighted by Crippen LogP contribution is 2.04. The maximum Gasteiger partial charge on any atom is 0.161 e. The highest BCUT2D eigenvalue weighted by molar-refractivity contribution is 5.35. The molecule has 3 heteroatoms. The molecule has 37 valence electrons. The number of nitrogens with zero attached hydrogens (tertiary/aromatic N) is 1. The van der Waals surface area contributed by atoms with E-state index >= 15 is 0 Å². The molecular formula is C4H5N2O. The quantitative estimate of drug-likeness (QED) is 0.508. The van der Waals surface area contributed by atoms with Gasteiger partial charge in [-0.15, -0.1) is 0 Å². The van der Waals surface area contributed by atoms with E-state index in [-0.39, 0.29) is 0 Å². The second-order valence-corrected chi connectivity index (χ2v) is 1.26. The summed E-state index contributed by atoms with van der Waals surface area (Å²) in [5.74, 6) is 0.625. The van der Waals surface area contributed by atoms with Crippen molar-refractivity contribution in [1.29, 1.82) is 0 Å². The number of rotatable bonds is 0. The molecule has 0 aliphatic heterocycles. The lowest BCUT2D eigenvalue weighted by atomic mass is 10.4. The lowest BCUT2D eigenvalue weighted by molar-refractivity contribution is 0.397. The minimum Gasteiger partial charge on any atom is -0.394 e. The molecule has 0 saturated carbocycles. The van der Waals surface area contributed by atoms with Crippen LogP contribution in [0.5, 0.6) is 0 Å². The van der Waals surface area contributed by atoms with Crippen molar-refractivity contribution >= 4 is 5.69 Å². The molecule has 0 aliphatic rings. The van der Waals surface area contributed by atoms with Gasteiger partial charge < -0.3 is 10.3 Å². The van der Waals surface area contributed by atoms with Gasteiger partial charge >= 0.3 is 0 Å². The zero-order valence-electron chi connectivity index (χ0n) is 3.93. The van der Waals surface area contributed by atoms with Crippen LogP contribution in [0.2, 0.25) is 0 Å². The van der Waals surface area contributed by atoms with Crippen molar-refractivity contribution in [3.05, 3.63) is 12.0 Å². The predicted molar refractivity (Wildman–Crippen MR) is 24.5 cm³/mol. The van der Waals surface area contributed by atoms with Crippen molar-refractivity contribution in [2.45, 2.75) is 6.92 Å². The van der Waals surface area contributed by atoms with Crippen LogP contribution < -0.4 is 5.73 Å². The molecule has 0 spiro atoms. The number of hydrogen-bond acceptors (Lipinski definition) is 3.